The number of rotatable bonds is 5. The van der Waals surface area contributed by atoms with Gasteiger partial charge in [-0.2, -0.15) is 0 Å². The lowest BCUT2D eigenvalue weighted by atomic mass is 10.1. The Morgan fingerprint density at radius 3 is 2.72 bits per heavy atom. The summed E-state index contributed by atoms with van der Waals surface area (Å²) in [4.78, 5) is 16.0. The van der Waals surface area contributed by atoms with Crippen molar-refractivity contribution in [2.24, 2.45) is 0 Å². The van der Waals surface area contributed by atoms with Crippen LogP contribution in [0.3, 0.4) is 0 Å². The Balaban J connectivity index is 1.49. The van der Waals surface area contributed by atoms with E-state index in [2.05, 4.69) is 44.8 Å². The molecule has 1 aromatic carbocycles. The number of carboxylic acids is 1. The highest BCUT2D eigenvalue weighted by Gasteiger charge is 2.23. The third-order valence-electron chi connectivity index (χ3n) is 4.14. The van der Waals surface area contributed by atoms with E-state index < -0.39 is 5.97 Å². The predicted molar refractivity (Wildman–Crippen MR) is 92.7 cm³/mol. The fraction of sp³-hybridized carbons (Fsp3) is 0.294. The molecule has 128 valence electrons. The van der Waals surface area contributed by atoms with E-state index in [1.807, 2.05) is 6.92 Å². The van der Waals surface area contributed by atoms with Crippen LogP contribution in [0.1, 0.15) is 22.7 Å². The van der Waals surface area contributed by atoms with E-state index in [0.717, 1.165) is 28.5 Å². The lowest BCUT2D eigenvalue weighted by Gasteiger charge is -2.09. The zero-order chi connectivity index (χ0) is 17.4. The average molecular weight is 356 g/mol. The van der Waals surface area contributed by atoms with E-state index in [1.54, 1.807) is 0 Å². The first-order valence-electron chi connectivity index (χ1n) is 7.94. The highest BCUT2D eigenvalue weighted by Crippen LogP contribution is 2.33. The molecule has 0 aliphatic heterocycles. The average Bonchev–Trinajstić information content (AvgIpc) is 3.25. The molecule has 0 amide bonds. The summed E-state index contributed by atoms with van der Waals surface area (Å²) >= 11 is 1.44. The molecule has 0 saturated heterocycles. The summed E-state index contributed by atoms with van der Waals surface area (Å²) in [7, 11) is 0. The van der Waals surface area contributed by atoms with Gasteiger partial charge in [-0.15, -0.1) is 10.2 Å². The van der Waals surface area contributed by atoms with Gasteiger partial charge in [0.25, 0.3) is 5.89 Å². The summed E-state index contributed by atoms with van der Waals surface area (Å²) in [6, 6.07) is 8.78. The number of hydrogen-bond donors (Lipinski definition) is 2. The second kappa shape index (κ2) is 6.29. The summed E-state index contributed by atoms with van der Waals surface area (Å²) in [6.07, 6.45) is 1.68. The zero-order valence-corrected chi connectivity index (χ0v) is 14.3. The molecule has 0 saturated carbocycles. The normalized spacial score (nSPS) is 13.8. The number of thiazole rings is 1. The van der Waals surface area contributed by atoms with Crippen molar-refractivity contribution in [1.29, 1.82) is 0 Å². The molecular weight excluding hydrogens is 340 g/mol. The van der Waals surface area contributed by atoms with E-state index >= 15 is 0 Å². The van der Waals surface area contributed by atoms with Crippen LogP contribution in [0.2, 0.25) is 0 Å². The summed E-state index contributed by atoms with van der Waals surface area (Å²) in [6.45, 7) is 1.88. The molecule has 1 aliphatic rings. The molecule has 0 unspecified atom stereocenters. The number of anilines is 1. The van der Waals surface area contributed by atoms with Gasteiger partial charge in [0.15, 0.2) is 5.13 Å². The van der Waals surface area contributed by atoms with Crippen LogP contribution >= 0.6 is 11.3 Å². The largest absolute Gasteiger partial charge is 0.481 e. The van der Waals surface area contributed by atoms with Gasteiger partial charge in [0.05, 0.1) is 5.69 Å². The number of aryl methyl sites for hydroxylation is 1. The highest BCUT2D eigenvalue weighted by atomic mass is 32.1. The first-order chi connectivity index (χ1) is 12.1. The van der Waals surface area contributed by atoms with Crippen LogP contribution in [0.15, 0.2) is 28.7 Å². The van der Waals surface area contributed by atoms with Crippen molar-refractivity contribution in [2.75, 3.05) is 5.32 Å². The van der Waals surface area contributed by atoms with Gasteiger partial charge < -0.3 is 14.8 Å². The highest BCUT2D eigenvalue weighted by molar-refractivity contribution is 7.19. The van der Waals surface area contributed by atoms with Crippen LogP contribution in [0.4, 0.5) is 5.13 Å². The maximum atomic E-state index is 10.7. The summed E-state index contributed by atoms with van der Waals surface area (Å²) in [5.41, 5.74) is 3.54. The molecule has 0 bridgehead atoms. The molecule has 3 aromatic rings. The van der Waals surface area contributed by atoms with Crippen molar-refractivity contribution >= 4 is 22.4 Å². The Morgan fingerprint density at radius 1 is 1.32 bits per heavy atom. The molecule has 8 heteroatoms. The maximum Gasteiger partial charge on any atom is 0.312 e. The molecule has 1 aliphatic carbocycles. The van der Waals surface area contributed by atoms with Gasteiger partial charge in [0, 0.05) is 6.04 Å². The second-order valence-corrected chi connectivity index (χ2v) is 7.02. The van der Waals surface area contributed by atoms with Crippen LogP contribution < -0.4 is 5.32 Å². The molecule has 25 heavy (non-hydrogen) atoms. The molecule has 0 fully saturated rings. The van der Waals surface area contributed by atoms with Gasteiger partial charge in [0.2, 0.25) is 5.89 Å². The Labute approximate surface area is 147 Å². The van der Waals surface area contributed by atoms with E-state index in [1.165, 1.54) is 22.5 Å². The van der Waals surface area contributed by atoms with Crippen molar-refractivity contribution in [2.45, 2.75) is 32.2 Å². The molecule has 2 heterocycles. The third-order valence-corrected chi connectivity index (χ3v) is 5.22. The number of carbonyl (C=O) groups is 1. The van der Waals surface area contributed by atoms with Crippen LogP contribution in [0, 0.1) is 6.92 Å². The molecule has 2 aromatic heterocycles. The number of aliphatic carboxylic acids is 1. The van der Waals surface area contributed by atoms with Gasteiger partial charge in [-0.1, -0.05) is 35.6 Å². The van der Waals surface area contributed by atoms with Crippen molar-refractivity contribution < 1.29 is 14.3 Å². The quantitative estimate of drug-likeness (QED) is 0.725. The van der Waals surface area contributed by atoms with E-state index in [0.29, 0.717) is 11.9 Å². The number of aromatic nitrogens is 3. The maximum absolute atomic E-state index is 10.7. The van der Waals surface area contributed by atoms with Crippen LogP contribution in [-0.4, -0.2) is 32.3 Å². The zero-order valence-electron chi connectivity index (χ0n) is 13.5. The minimum atomic E-state index is -1.00. The molecule has 2 N–H and O–H groups in total. The number of fused-ring (bicyclic) bond motifs is 1. The lowest BCUT2D eigenvalue weighted by molar-refractivity contribution is -0.136. The topological polar surface area (TPSA) is 101 Å². The van der Waals surface area contributed by atoms with Gasteiger partial charge >= 0.3 is 5.97 Å². The van der Waals surface area contributed by atoms with E-state index in [-0.39, 0.29) is 12.3 Å². The molecular formula is C17H16N4O3S. The lowest BCUT2D eigenvalue weighted by Crippen LogP contribution is -2.19. The van der Waals surface area contributed by atoms with Crippen LogP contribution in [0.25, 0.3) is 10.8 Å². The minimum absolute atomic E-state index is 0.0936. The number of benzene rings is 1. The van der Waals surface area contributed by atoms with E-state index in [4.69, 9.17) is 9.52 Å². The number of carboxylic acid groups (broad SMARTS) is 1. The van der Waals surface area contributed by atoms with E-state index in [9.17, 15) is 4.79 Å². The first-order valence-corrected chi connectivity index (χ1v) is 8.75. The van der Waals surface area contributed by atoms with Crippen LogP contribution in [-0.2, 0) is 24.1 Å². The van der Waals surface area contributed by atoms with Crippen molar-refractivity contribution in [3.05, 3.63) is 47.0 Å². The Hall–Kier alpha value is -2.74. The molecule has 7 nitrogen and oxygen atoms in total. The fourth-order valence-electron chi connectivity index (χ4n) is 3.04. The predicted octanol–water partition coefficient (Wildman–Crippen LogP) is 2.71. The number of nitrogens with zero attached hydrogens (tertiary/aromatic N) is 3. The number of hydrogen-bond acceptors (Lipinski definition) is 7. The van der Waals surface area contributed by atoms with Gasteiger partial charge in [-0.3, -0.25) is 4.79 Å². The van der Waals surface area contributed by atoms with Gasteiger partial charge in [-0.05, 0) is 30.9 Å². The van der Waals surface area contributed by atoms with Gasteiger partial charge in [0.1, 0.15) is 11.3 Å². The Morgan fingerprint density at radius 2 is 2.04 bits per heavy atom. The summed E-state index contributed by atoms with van der Waals surface area (Å²) in [5.74, 6) is -0.593. The Bertz CT molecular complexity index is 909. The Kier molecular flexibility index (Phi) is 3.96. The summed E-state index contributed by atoms with van der Waals surface area (Å²) < 4.78 is 5.43. The van der Waals surface area contributed by atoms with Crippen molar-refractivity contribution in [1.82, 2.24) is 15.2 Å². The molecule has 0 atom stereocenters. The minimum Gasteiger partial charge on any atom is -0.481 e. The SMILES string of the molecule is Cc1nc(NC2Cc3ccccc3C2)sc1-c1nnc(CC(=O)O)o1. The number of nitrogens with one attached hydrogen (secondary N) is 1. The molecule has 0 spiro atoms. The monoisotopic (exact) mass is 356 g/mol. The summed E-state index contributed by atoms with van der Waals surface area (Å²) in [5, 5.41) is 20.8. The van der Waals surface area contributed by atoms with Crippen LogP contribution in [0.5, 0.6) is 0 Å². The standard InChI is InChI=1S/C17H16N4O3S/c1-9-15(16-21-20-13(24-16)8-14(22)23)25-17(18-9)19-12-6-10-4-2-3-5-11(10)7-12/h2-5,12H,6-8H2,1H3,(H,18,19)(H,22,23). The third kappa shape index (κ3) is 3.25. The van der Waals surface area contributed by atoms with Crippen molar-refractivity contribution in [3.8, 4) is 10.8 Å². The van der Waals surface area contributed by atoms with Crippen molar-refractivity contribution in [3.63, 3.8) is 0 Å². The first kappa shape index (κ1) is 15.8. The smallest absolute Gasteiger partial charge is 0.312 e. The van der Waals surface area contributed by atoms with Gasteiger partial charge in [-0.25, -0.2) is 4.98 Å². The molecule has 0 radical (unpaired) electrons. The fourth-order valence-corrected chi connectivity index (χ4v) is 4.00. The molecule has 4 rings (SSSR count). The second-order valence-electron chi connectivity index (χ2n) is 6.02.